The molecule has 0 fully saturated rings. The van der Waals surface area contributed by atoms with Gasteiger partial charge in [-0.1, -0.05) is 18.2 Å². The van der Waals surface area contributed by atoms with Crippen molar-refractivity contribution in [2.24, 2.45) is 0 Å². The van der Waals surface area contributed by atoms with Crippen molar-refractivity contribution in [2.45, 2.75) is 11.9 Å². The van der Waals surface area contributed by atoms with E-state index in [0.29, 0.717) is 22.6 Å². The van der Waals surface area contributed by atoms with Crippen molar-refractivity contribution in [3.8, 4) is 17.2 Å². The Bertz CT molecular complexity index is 1020. The van der Waals surface area contributed by atoms with Crippen LogP contribution in [0.5, 0.6) is 17.2 Å². The number of sulfone groups is 1. The van der Waals surface area contributed by atoms with Crippen molar-refractivity contribution in [3.63, 3.8) is 0 Å². The van der Waals surface area contributed by atoms with Crippen molar-refractivity contribution in [3.05, 3.63) is 58.5 Å². The highest BCUT2D eigenvalue weighted by molar-refractivity contribution is 7.93. The Morgan fingerprint density at radius 1 is 0.966 bits per heavy atom. The Balaban J connectivity index is 2.32. The van der Waals surface area contributed by atoms with Crippen molar-refractivity contribution >= 4 is 23.5 Å². The lowest BCUT2D eigenvalue weighted by Crippen LogP contribution is -2.02. The van der Waals surface area contributed by atoms with Gasteiger partial charge in [-0.3, -0.25) is 4.57 Å². The minimum atomic E-state index is -4.34. The van der Waals surface area contributed by atoms with Gasteiger partial charge in [-0.25, -0.2) is 8.42 Å². The van der Waals surface area contributed by atoms with Gasteiger partial charge in [0, 0.05) is 11.0 Å². The van der Waals surface area contributed by atoms with E-state index in [-0.39, 0.29) is 17.1 Å². The molecule has 0 saturated heterocycles. The van der Waals surface area contributed by atoms with Crippen LogP contribution in [-0.2, 0) is 26.3 Å². The van der Waals surface area contributed by atoms with Gasteiger partial charge < -0.3 is 24.0 Å². The summed E-state index contributed by atoms with van der Waals surface area (Å²) in [5.74, 6) is 0.858. The van der Waals surface area contributed by atoms with Crippen molar-refractivity contribution in [1.82, 2.24) is 0 Å². The van der Waals surface area contributed by atoms with Crippen molar-refractivity contribution < 1.29 is 37.0 Å². The fourth-order valence-electron chi connectivity index (χ4n) is 2.76. The summed E-state index contributed by atoms with van der Waals surface area (Å²) in [7, 11) is -3.71. The zero-order chi connectivity index (χ0) is 21.7. The largest absolute Gasteiger partial charge is 0.496 e. The van der Waals surface area contributed by atoms with E-state index < -0.39 is 23.6 Å². The first-order valence-corrected chi connectivity index (χ1v) is 11.9. The van der Waals surface area contributed by atoms with E-state index in [1.165, 1.54) is 45.6 Å². The van der Waals surface area contributed by atoms with E-state index in [0.717, 1.165) is 5.41 Å². The van der Waals surface area contributed by atoms with Crippen molar-refractivity contribution in [1.29, 1.82) is 0 Å². The third-order valence-corrected chi connectivity index (χ3v) is 6.04. The van der Waals surface area contributed by atoms with Crippen LogP contribution in [0.4, 0.5) is 0 Å². The molecule has 0 spiro atoms. The smallest absolute Gasteiger partial charge is 0.330 e. The molecule has 0 radical (unpaired) electrons. The molecule has 0 amide bonds. The molecule has 0 saturated carbocycles. The summed E-state index contributed by atoms with van der Waals surface area (Å²) in [4.78, 5) is 18.5. The van der Waals surface area contributed by atoms with Gasteiger partial charge in [0.1, 0.15) is 17.2 Å². The fraction of sp³-hybridized carbons (Fsp3) is 0.263. The molecule has 2 N–H and O–H groups in total. The van der Waals surface area contributed by atoms with Crippen molar-refractivity contribution in [2.75, 3.05) is 21.3 Å². The van der Waals surface area contributed by atoms with Gasteiger partial charge in [0.2, 0.25) is 0 Å². The summed E-state index contributed by atoms with van der Waals surface area (Å²) >= 11 is 0. The first-order valence-electron chi connectivity index (χ1n) is 8.40. The van der Waals surface area contributed by atoms with Gasteiger partial charge in [0.05, 0.1) is 38.8 Å². The molecule has 0 aliphatic carbocycles. The van der Waals surface area contributed by atoms with E-state index in [1.807, 2.05) is 0 Å². The average molecular weight is 442 g/mol. The lowest BCUT2D eigenvalue weighted by molar-refractivity contribution is 0.368. The molecule has 0 aromatic heterocycles. The van der Waals surface area contributed by atoms with E-state index >= 15 is 0 Å². The minimum Gasteiger partial charge on any atom is -0.496 e. The van der Waals surface area contributed by atoms with E-state index in [9.17, 15) is 22.8 Å². The van der Waals surface area contributed by atoms with Crippen LogP contribution >= 0.6 is 7.60 Å². The molecule has 2 aromatic carbocycles. The topological polar surface area (TPSA) is 119 Å². The number of methoxy groups -OCH3 is 3. The highest BCUT2D eigenvalue weighted by atomic mass is 32.2. The molecule has 0 heterocycles. The molecule has 2 aromatic rings. The van der Waals surface area contributed by atoms with Crippen LogP contribution in [0, 0.1) is 0 Å². The lowest BCUT2D eigenvalue weighted by Gasteiger charge is -2.12. The maximum Gasteiger partial charge on any atom is 0.330 e. The maximum absolute atomic E-state index is 12.6. The third kappa shape index (κ3) is 6.61. The minimum absolute atomic E-state index is 0.240. The Kier molecular flexibility index (Phi) is 7.48. The number of rotatable bonds is 9. The van der Waals surface area contributed by atoms with E-state index in [4.69, 9.17) is 14.2 Å². The molecule has 8 nitrogen and oxygen atoms in total. The van der Waals surface area contributed by atoms with Crippen LogP contribution < -0.4 is 14.2 Å². The first-order chi connectivity index (χ1) is 13.6. The fourth-order valence-corrected chi connectivity index (χ4v) is 4.54. The summed E-state index contributed by atoms with van der Waals surface area (Å²) in [6, 6.07) is 9.55. The van der Waals surface area contributed by atoms with Crippen LogP contribution in [0.15, 0.2) is 41.8 Å². The number of hydrogen-bond donors (Lipinski definition) is 2. The quantitative estimate of drug-likeness (QED) is 0.569. The van der Waals surface area contributed by atoms with Gasteiger partial charge >= 0.3 is 7.60 Å². The lowest BCUT2D eigenvalue weighted by atomic mass is 10.1. The van der Waals surface area contributed by atoms with Crippen LogP contribution in [-0.4, -0.2) is 39.5 Å². The molecular formula is C19H23O8PS. The zero-order valence-corrected chi connectivity index (χ0v) is 17.9. The Labute approximate surface area is 169 Å². The molecule has 29 heavy (non-hydrogen) atoms. The van der Waals surface area contributed by atoms with Crippen LogP contribution in [0.25, 0.3) is 6.08 Å². The summed E-state index contributed by atoms with van der Waals surface area (Å²) in [6.45, 7) is 0. The van der Waals surface area contributed by atoms with Gasteiger partial charge in [0.25, 0.3) is 0 Å². The SMILES string of the molecule is COc1ccc(CS(=O)(=O)/C=C/c2c(OC)cccc2OC)cc1CP(=O)(O)O. The summed E-state index contributed by atoms with van der Waals surface area (Å²) < 4.78 is 52.1. The Morgan fingerprint density at radius 3 is 2.07 bits per heavy atom. The van der Waals surface area contributed by atoms with Gasteiger partial charge in [-0.2, -0.15) is 0 Å². The second-order valence-corrected chi connectivity index (χ2v) is 9.69. The molecule has 0 atom stereocenters. The van der Waals surface area contributed by atoms with Gasteiger partial charge in [-0.15, -0.1) is 0 Å². The molecule has 0 bridgehead atoms. The molecule has 2 rings (SSSR count). The van der Waals surface area contributed by atoms with Gasteiger partial charge in [-0.05, 0) is 29.8 Å². The second-order valence-electron chi connectivity index (χ2n) is 6.16. The Morgan fingerprint density at radius 2 is 1.55 bits per heavy atom. The summed E-state index contributed by atoms with van der Waals surface area (Å²) in [5.41, 5.74) is 1.10. The summed E-state index contributed by atoms with van der Waals surface area (Å²) in [5, 5.41) is 1.06. The highest BCUT2D eigenvalue weighted by Crippen LogP contribution is 2.42. The molecular weight excluding hydrogens is 419 g/mol. The zero-order valence-electron chi connectivity index (χ0n) is 16.2. The monoisotopic (exact) mass is 442 g/mol. The predicted octanol–water partition coefficient (Wildman–Crippen LogP) is 2.98. The average Bonchev–Trinajstić information content (AvgIpc) is 2.64. The maximum atomic E-state index is 12.6. The number of ether oxygens (including phenoxy) is 3. The van der Waals surface area contributed by atoms with E-state index in [1.54, 1.807) is 18.2 Å². The highest BCUT2D eigenvalue weighted by Gasteiger charge is 2.19. The third-order valence-electron chi connectivity index (χ3n) is 4.00. The summed E-state index contributed by atoms with van der Waals surface area (Å²) in [6.07, 6.45) is 0.853. The molecule has 0 aliphatic rings. The first kappa shape index (κ1) is 23.0. The number of benzene rings is 2. The predicted molar refractivity (Wildman–Crippen MR) is 110 cm³/mol. The normalized spacial score (nSPS) is 12.2. The van der Waals surface area contributed by atoms with Crippen LogP contribution in [0.2, 0.25) is 0 Å². The number of hydrogen-bond acceptors (Lipinski definition) is 6. The van der Waals surface area contributed by atoms with Gasteiger partial charge in [0.15, 0.2) is 9.84 Å². The standard InChI is InChI=1S/C19H23O8PS/c1-25-17-8-7-14(11-15(17)12-28(20,21)22)13-29(23,24)10-9-16-18(26-2)5-4-6-19(16)27-3/h4-11H,12-13H2,1-3H3,(H2,20,21,22)/b10-9+. The Hall–Kier alpha value is -2.32. The molecule has 0 unspecified atom stereocenters. The van der Waals surface area contributed by atoms with Crippen LogP contribution in [0.1, 0.15) is 16.7 Å². The molecule has 0 aliphatic heterocycles. The van der Waals surface area contributed by atoms with Crippen LogP contribution in [0.3, 0.4) is 0 Å². The molecule has 10 heteroatoms. The molecule has 158 valence electrons. The van der Waals surface area contributed by atoms with E-state index in [2.05, 4.69) is 0 Å². The second kappa shape index (κ2) is 9.45.